The number of rotatable bonds is 3. The summed E-state index contributed by atoms with van der Waals surface area (Å²) in [6.07, 6.45) is 0.724. The number of hydrogen-bond acceptors (Lipinski definition) is 6. The highest BCUT2D eigenvalue weighted by molar-refractivity contribution is 8.14. The van der Waals surface area contributed by atoms with E-state index in [1.807, 2.05) is 13.0 Å². The van der Waals surface area contributed by atoms with Crippen LogP contribution < -0.4 is 15.2 Å². The molecule has 1 spiro atoms. The molecule has 1 unspecified atom stereocenters. The third-order valence-electron chi connectivity index (χ3n) is 4.62. The standard InChI is InChI=1S/C18H19N3O3S2/c1-12-2-5-14(6-3-12)26(22,23)21-13-4-7-16-15(10-13)18(8-9-24-16)11-25-17(19)20-18/h2-7,10,21H,8-9,11H2,1H3,(H2,19,20). The van der Waals surface area contributed by atoms with Crippen LogP contribution in [-0.4, -0.2) is 25.9 Å². The minimum absolute atomic E-state index is 0.227. The lowest BCUT2D eigenvalue weighted by atomic mass is 9.86. The van der Waals surface area contributed by atoms with Crippen molar-refractivity contribution in [2.45, 2.75) is 23.8 Å². The third-order valence-corrected chi connectivity index (χ3v) is 7.03. The van der Waals surface area contributed by atoms with Gasteiger partial charge in [-0.1, -0.05) is 29.5 Å². The van der Waals surface area contributed by atoms with Crippen LogP contribution >= 0.6 is 11.8 Å². The summed E-state index contributed by atoms with van der Waals surface area (Å²) in [6, 6.07) is 12.0. The van der Waals surface area contributed by atoms with E-state index in [1.165, 1.54) is 11.8 Å². The van der Waals surface area contributed by atoms with Crippen molar-refractivity contribution >= 4 is 32.6 Å². The van der Waals surface area contributed by atoms with Crippen molar-refractivity contribution in [3.63, 3.8) is 0 Å². The molecule has 0 saturated heterocycles. The fourth-order valence-corrected chi connectivity index (χ4v) is 5.25. The lowest BCUT2D eigenvalue weighted by molar-refractivity contribution is 0.232. The second kappa shape index (κ2) is 6.21. The normalized spacial score (nSPS) is 21.8. The third kappa shape index (κ3) is 3.03. The maximum atomic E-state index is 12.7. The molecule has 26 heavy (non-hydrogen) atoms. The molecule has 0 amide bonds. The van der Waals surface area contributed by atoms with Crippen molar-refractivity contribution < 1.29 is 13.2 Å². The lowest BCUT2D eigenvalue weighted by Crippen LogP contribution is -2.32. The van der Waals surface area contributed by atoms with Gasteiger partial charge in [-0.25, -0.2) is 8.42 Å². The average molecular weight is 390 g/mol. The Morgan fingerprint density at radius 2 is 2.00 bits per heavy atom. The molecule has 0 bridgehead atoms. The summed E-state index contributed by atoms with van der Waals surface area (Å²) in [7, 11) is -3.66. The number of ether oxygens (including phenoxy) is 1. The maximum absolute atomic E-state index is 12.7. The first kappa shape index (κ1) is 17.2. The van der Waals surface area contributed by atoms with Crippen LogP contribution in [0.1, 0.15) is 17.5 Å². The number of fused-ring (bicyclic) bond motifs is 2. The van der Waals surface area contributed by atoms with Crippen LogP contribution in [0.3, 0.4) is 0 Å². The molecule has 136 valence electrons. The Morgan fingerprint density at radius 3 is 2.69 bits per heavy atom. The average Bonchev–Trinajstić information content (AvgIpc) is 2.97. The van der Waals surface area contributed by atoms with Crippen LogP contribution in [0.2, 0.25) is 0 Å². The van der Waals surface area contributed by atoms with Gasteiger partial charge in [0.15, 0.2) is 5.17 Å². The van der Waals surface area contributed by atoms with Crippen LogP contribution in [0, 0.1) is 6.92 Å². The van der Waals surface area contributed by atoms with Gasteiger partial charge in [-0.15, -0.1) is 0 Å². The van der Waals surface area contributed by atoms with E-state index in [0.717, 1.165) is 29.1 Å². The molecule has 0 saturated carbocycles. The number of benzene rings is 2. The molecule has 0 aliphatic carbocycles. The molecule has 4 rings (SSSR count). The highest BCUT2D eigenvalue weighted by atomic mass is 32.2. The zero-order chi connectivity index (χ0) is 18.4. The van der Waals surface area contributed by atoms with Crippen LogP contribution in [0.5, 0.6) is 5.75 Å². The van der Waals surface area contributed by atoms with Crippen molar-refractivity contribution in [2.75, 3.05) is 17.1 Å². The largest absolute Gasteiger partial charge is 0.493 e. The van der Waals surface area contributed by atoms with Gasteiger partial charge in [0.1, 0.15) is 11.3 Å². The van der Waals surface area contributed by atoms with Gasteiger partial charge in [-0.3, -0.25) is 9.71 Å². The molecule has 3 N–H and O–H groups in total. The monoisotopic (exact) mass is 389 g/mol. The molecule has 2 heterocycles. The summed E-state index contributed by atoms with van der Waals surface area (Å²) in [5.41, 5.74) is 7.82. The minimum Gasteiger partial charge on any atom is -0.493 e. The van der Waals surface area contributed by atoms with E-state index in [1.54, 1.807) is 36.4 Å². The first-order chi connectivity index (χ1) is 12.4. The Balaban J connectivity index is 1.69. The van der Waals surface area contributed by atoms with Gasteiger partial charge in [-0.2, -0.15) is 0 Å². The summed E-state index contributed by atoms with van der Waals surface area (Å²) in [5, 5.41) is 0.559. The van der Waals surface area contributed by atoms with Gasteiger partial charge < -0.3 is 10.5 Å². The summed E-state index contributed by atoms with van der Waals surface area (Å²) in [6.45, 7) is 2.48. The van der Waals surface area contributed by atoms with Gasteiger partial charge in [-0.05, 0) is 37.3 Å². The zero-order valence-corrected chi connectivity index (χ0v) is 15.9. The number of hydrogen-bond donors (Lipinski definition) is 2. The van der Waals surface area contributed by atoms with Crippen LogP contribution in [0.15, 0.2) is 52.4 Å². The van der Waals surface area contributed by atoms with E-state index in [9.17, 15) is 8.42 Å². The van der Waals surface area contributed by atoms with Gasteiger partial charge in [0.25, 0.3) is 10.0 Å². The van der Waals surface area contributed by atoms with E-state index in [4.69, 9.17) is 10.5 Å². The van der Waals surface area contributed by atoms with Crippen molar-refractivity contribution in [1.82, 2.24) is 0 Å². The molecule has 2 aliphatic rings. The number of amidine groups is 1. The molecule has 8 heteroatoms. The Morgan fingerprint density at radius 1 is 1.23 bits per heavy atom. The highest BCUT2D eigenvalue weighted by Crippen LogP contribution is 2.46. The summed E-state index contributed by atoms with van der Waals surface area (Å²) >= 11 is 1.52. The minimum atomic E-state index is -3.66. The number of anilines is 1. The first-order valence-corrected chi connectivity index (χ1v) is 10.7. The SMILES string of the molecule is Cc1ccc(S(=O)(=O)Nc2ccc3c(c2)C2(CCO3)CSC(N)=N2)cc1. The number of sulfonamides is 1. The highest BCUT2D eigenvalue weighted by Gasteiger charge is 2.41. The topological polar surface area (TPSA) is 93.8 Å². The van der Waals surface area contributed by atoms with Gasteiger partial charge in [0.05, 0.1) is 11.5 Å². The van der Waals surface area contributed by atoms with Crippen molar-refractivity contribution in [1.29, 1.82) is 0 Å². The van der Waals surface area contributed by atoms with Gasteiger partial charge in [0, 0.05) is 23.4 Å². The number of nitrogens with zero attached hydrogens (tertiary/aromatic N) is 1. The maximum Gasteiger partial charge on any atom is 0.261 e. The molecule has 2 aromatic carbocycles. The van der Waals surface area contributed by atoms with E-state index < -0.39 is 15.6 Å². The first-order valence-electron chi connectivity index (χ1n) is 8.23. The zero-order valence-electron chi connectivity index (χ0n) is 14.2. The molecule has 0 radical (unpaired) electrons. The fourth-order valence-electron chi connectivity index (χ4n) is 3.21. The number of aliphatic imine (C=N–C) groups is 1. The number of aryl methyl sites for hydroxylation is 1. The van der Waals surface area contributed by atoms with E-state index in [2.05, 4.69) is 9.71 Å². The Bertz CT molecular complexity index is 987. The molecular formula is C18H19N3O3S2. The molecule has 6 nitrogen and oxygen atoms in total. The smallest absolute Gasteiger partial charge is 0.261 e. The predicted octanol–water partition coefficient (Wildman–Crippen LogP) is 2.84. The molecule has 0 fully saturated rings. The fraction of sp³-hybridized carbons (Fsp3) is 0.278. The van der Waals surface area contributed by atoms with Crippen molar-refractivity contribution in [3.05, 3.63) is 53.6 Å². The molecule has 1 atom stereocenters. The lowest BCUT2D eigenvalue weighted by Gasteiger charge is -2.32. The molecule has 2 aliphatic heterocycles. The van der Waals surface area contributed by atoms with Crippen molar-refractivity contribution in [2.24, 2.45) is 10.7 Å². The van der Waals surface area contributed by atoms with E-state index in [0.29, 0.717) is 17.5 Å². The van der Waals surface area contributed by atoms with Gasteiger partial charge in [0.2, 0.25) is 0 Å². The Labute approximate surface area is 156 Å². The number of thioether (sulfide) groups is 1. The Hall–Kier alpha value is -2.19. The number of nitrogens with two attached hydrogens (primary N) is 1. The van der Waals surface area contributed by atoms with Crippen LogP contribution in [0.25, 0.3) is 0 Å². The van der Waals surface area contributed by atoms with Crippen molar-refractivity contribution in [3.8, 4) is 5.75 Å². The summed E-state index contributed by atoms with van der Waals surface area (Å²) in [5.74, 6) is 1.47. The second-order valence-corrected chi connectivity index (χ2v) is 9.18. The van der Waals surface area contributed by atoms with Crippen LogP contribution in [-0.2, 0) is 15.6 Å². The van der Waals surface area contributed by atoms with Crippen LogP contribution in [0.4, 0.5) is 5.69 Å². The summed E-state index contributed by atoms with van der Waals surface area (Å²) in [4.78, 5) is 4.85. The molecule has 0 aromatic heterocycles. The van der Waals surface area contributed by atoms with Gasteiger partial charge >= 0.3 is 0 Å². The Kier molecular flexibility index (Phi) is 4.11. The quantitative estimate of drug-likeness (QED) is 0.842. The summed E-state index contributed by atoms with van der Waals surface area (Å²) < 4.78 is 33.7. The van der Waals surface area contributed by atoms with E-state index in [-0.39, 0.29) is 4.90 Å². The molecule has 2 aromatic rings. The second-order valence-electron chi connectivity index (χ2n) is 6.50. The molecular weight excluding hydrogens is 370 g/mol. The predicted molar refractivity (Wildman–Crippen MR) is 104 cm³/mol. The number of nitrogens with one attached hydrogen (secondary N) is 1. The van der Waals surface area contributed by atoms with E-state index >= 15 is 0 Å².